The van der Waals surface area contributed by atoms with Crippen LogP contribution in [0.15, 0.2) is 24.3 Å². The Kier molecular flexibility index (Phi) is 3.39. The number of aromatic nitrogens is 2. The average Bonchev–Trinajstić information content (AvgIpc) is 2.57. The van der Waals surface area contributed by atoms with E-state index < -0.39 is 0 Å². The van der Waals surface area contributed by atoms with Crippen molar-refractivity contribution in [3.05, 3.63) is 51.8 Å². The quantitative estimate of drug-likeness (QED) is 0.659. The van der Waals surface area contributed by atoms with Gasteiger partial charge in [0.15, 0.2) is 0 Å². The fourth-order valence-electron chi connectivity index (χ4n) is 1.91. The number of nitrogens with two attached hydrogens (primary N) is 1. The summed E-state index contributed by atoms with van der Waals surface area (Å²) in [7, 11) is 0. The Morgan fingerprint density at radius 2 is 2.06 bits per heavy atom. The van der Waals surface area contributed by atoms with Crippen molar-refractivity contribution in [1.29, 1.82) is 5.41 Å². The standard InChI is InChI=1S/C13H15ClN4/c1-8-12(14)9(2)18(17-8)7-10-5-3-4-6-11(10)13(15)16/h3-6H,7H2,1-2H3,(H3,15,16). The highest BCUT2D eigenvalue weighted by molar-refractivity contribution is 6.31. The zero-order valence-corrected chi connectivity index (χ0v) is 11.1. The van der Waals surface area contributed by atoms with Crippen molar-refractivity contribution in [3.8, 4) is 0 Å². The summed E-state index contributed by atoms with van der Waals surface area (Å²) < 4.78 is 1.83. The first-order valence-corrected chi connectivity index (χ1v) is 6.00. The summed E-state index contributed by atoms with van der Waals surface area (Å²) in [5.74, 6) is 0.0678. The van der Waals surface area contributed by atoms with Crippen molar-refractivity contribution in [2.24, 2.45) is 5.73 Å². The number of nitrogens with one attached hydrogen (secondary N) is 1. The molecule has 0 atom stereocenters. The zero-order chi connectivity index (χ0) is 13.3. The number of benzene rings is 1. The van der Waals surface area contributed by atoms with Crippen LogP contribution in [0, 0.1) is 19.3 Å². The molecule has 5 heteroatoms. The molecule has 0 aliphatic rings. The first kappa shape index (κ1) is 12.6. The molecule has 94 valence electrons. The second kappa shape index (κ2) is 4.82. The summed E-state index contributed by atoms with van der Waals surface area (Å²) in [6.45, 7) is 4.37. The number of amidine groups is 1. The van der Waals surface area contributed by atoms with Crippen LogP contribution in [-0.2, 0) is 6.54 Å². The molecule has 1 heterocycles. The molecule has 0 radical (unpaired) electrons. The van der Waals surface area contributed by atoms with Crippen LogP contribution in [-0.4, -0.2) is 15.6 Å². The number of hydrogen-bond acceptors (Lipinski definition) is 2. The average molecular weight is 263 g/mol. The van der Waals surface area contributed by atoms with E-state index in [1.165, 1.54) is 0 Å². The van der Waals surface area contributed by atoms with Crippen LogP contribution in [0.1, 0.15) is 22.5 Å². The Labute approximate surface area is 111 Å². The maximum atomic E-state index is 7.57. The van der Waals surface area contributed by atoms with Crippen molar-refractivity contribution < 1.29 is 0 Å². The van der Waals surface area contributed by atoms with Gasteiger partial charge in [0.25, 0.3) is 0 Å². The lowest BCUT2D eigenvalue weighted by Crippen LogP contribution is -2.16. The third kappa shape index (κ3) is 2.24. The number of rotatable bonds is 3. The molecule has 4 nitrogen and oxygen atoms in total. The molecule has 0 fully saturated rings. The summed E-state index contributed by atoms with van der Waals surface area (Å²) in [6.07, 6.45) is 0. The highest BCUT2D eigenvalue weighted by Crippen LogP contribution is 2.20. The Morgan fingerprint density at radius 1 is 1.39 bits per heavy atom. The monoisotopic (exact) mass is 262 g/mol. The van der Waals surface area contributed by atoms with Crippen molar-refractivity contribution in [2.45, 2.75) is 20.4 Å². The lowest BCUT2D eigenvalue weighted by molar-refractivity contribution is 0.658. The van der Waals surface area contributed by atoms with Crippen molar-refractivity contribution in [2.75, 3.05) is 0 Å². The second-order valence-corrected chi connectivity index (χ2v) is 4.59. The van der Waals surface area contributed by atoms with Crippen LogP contribution in [0.3, 0.4) is 0 Å². The normalized spacial score (nSPS) is 10.6. The Hall–Kier alpha value is -1.81. The lowest BCUT2D eigenvalue weighted by Gasteiger charge is -2.09. The summed E-state index contributed by atoms with van der Waals surface area (Å²) in [5, 5.41) is 12.6. The van der Waals surface area contributed by atoms with Gasteiger partial charge < -0.3 is 5.73 Å². The number of aryl methyl sites for hydroxylation is 1. The number of nitrogen functional groups attached to an aromatic ring is 1. The minimum absolute atomic E-state index is 0.0678. The van der Waals surface area contributed by atoms with Gasteiger partial charge in [0, 0.05) is 5.56 Å². The van der Waals surface area contributed by atoms with Crippen LogP contribution >= 0.6 is 11.6 Å². The summed E-state index contributed by atoms with van der Waals surface area (Å²) >= 11 is 6.12. The van der Waals surface area contributed by atoms with Crippen LogP contribution in [0.2, 0.25) is 5.02 Å². The van der Waals surface area contributed by atoms with Gasteiger partial charge in [-0.25, -0.2) is 0 Å². The third-order valence-corrected chi connectivity index (χ3v) is 3.47. The number of nitrogens with zero attached hydrogens (tertiary/aromatic N) is 2. The molecule has 1 aromatic heterocycles. The smallest absolute Gasteiger partial charge is 0.123 e. The van der Waals surface area contributed by atoms with E-state index in [-0.39, 0.29) is 5.84 Å². The maximum Gasteiger partial charge on any atom is 0.123 e. The Bertz CT molecular complexity index is 601. The molecule has 0 aliphatic carbocycles. The van der Waals surface area contributed by atoms with E-state index in [9.17, 15) is 0 Å². The largest absolute Gasteiger partial charge is 0.384 e. The highest BCUT2D eigenvalue weighted by atomic mass is 35.5. The van der Waals surface area contributed by atoms with Crippen LogP contribution in [0.5, 0.6) is 0 Å². The van der Waals surface area contributed by atoms with E-state index in [0.717, 1.165) is 22.5 Å². The molecule has 0 saturated carbocycles. The Balaban J connectivity index is 2.40. The minimum atomic E-state index is 0.0678. The molecule has 2 aromatic rings. The third-order valence-electron chi connectivity index (χ3n) is 2.92. The summed E-state index contributed by atoms with van der Waals surface area (Å²) in [5.41, 5.74) is 9.01. The zero-order valence-electron chi connectivity index (χ0n) is 10.4. The van der Waals surface area contributed by atoms with Crippen molar-refractivity contribution in [3.63, 3.8) is 0 Å². The molecule has 0 saturated heterocycles. The van der Waals surface area contributed by atoms with E-state index in [2.05, 4.69) is 5.10 Å². The molecule has 3 N–H and O–H groups in total. The van der Waals surface area contributed by atoms with Gasteiger partial charge in [-0.15, -0.1) is 0 Å². The highest BCUT2D eigenvalue weighted by Gasteiger charge is 2.11. The fourth-order valence-corrected chi connectivity index (χ4v) is 2.05. The molecule has 0 amide bonds. The van der Waals surface area contributed by atoms with E-state index in [1.807, 2.05) is 42.8 Å². The molecular weight excluding hydrogens is 248 g/mol. The van der Waals surface area contributed by atoms with E-state index in [0.29, 0.717) is 11.6 Å². The lowest BCUT2D eigenvalue weighted by atomic mass is 10.1. The van der Waals surface area contributed by atoms with Gasteiger partial charge in [-0.05, 0) is 19.4 Å². The number of hydrogen-bond donors (Lipinski definition) is 2. The first-order chi connectivity index (χ1) is 8.50. The molecular formula is C13H15ClN4. The van der Waals surface area contributed by atoms with Gasteiger partial charge >= 0.3 is 0 Å². The first-order valence-electron chi connectivity index (χ1n) is 5.62. The van der Waals surface area contributed by atoms with Crippen molar-refractivity contribution in [1.82, 2.24) is 9.78 Å². The van der Waals surface area contributed by atoms with Crippen LogP contribution in [0.4, 0.5) is 0 Å². The van der Waals surface area contributed by atoms with Gasteiger partial charge in [0.2, 0.25) is 0 Å². The van der Waals surface area contributed by atoms with E-state index in [4.69, 9.17) is 22.7 Å². The molecule has 0 unspecified atom stereocenters. The topological polar surface area (TPSA) is 67.7 Å². The molecule has 0 aliphatic heterocycles. The summed E-state index contributed by atoms with van der Waals surface area (Å²) in [6, 6.07) is 7.58. The molecule has 18 heavy (non-hydrogen) atoms. The van der Waals surface area contributed by atoms with Gasteiger partial charge in [0.1, 0.15) is 5.84 Å². The Morgan fingerprint density at radius 3 is 2.61 bits per heavy atom. The maximum absolute atomic E-state index is 7.57. The predicted octanol–water partition coefficient (Wildman–Crippen LogP) is 2.49. The van der Waals surface area contributed by atoms with Crippen LogP contribution in [0.25, 0.3) is 0 Å². The second-order valence-electron chi connectivity index (χ2n) is 4.21. The molecule has 0 spiro atoms. The molecule has 1 aromatic carbocycles. The van der Waals surface area contributed by atoms with E-state index >= 15 is 0 Å². The minimum Gasteiger partial charge on any atom is -0.384 e. The van der Waals surface area contributed by atoms with Gasteiger partial charge in [-0.2, -0.15) is 5.10 Å². The molecule has 2 rings (SSSR count). The number of halogens is 1. The molecule has 0 bridgehead atoms. The van der Waals surface area contributed by atoms with E-state index in [1.54, 1.807) is 0 Å². The van der Waals surface area contributed by atoms with Crippen molar-refractivity contribution >= 4 is 17.4 Å². The van der Waals surface area contributed by atoms with Gasteiger partial charge in [0.05, 0.1) is 23.0 Å². The summed E-state index contributed by atoms with van der Waals surface area (Å²) in [4.78, 5) is 0. The SMILES string of the molecule is Cc1nn(Cc2ccccc2C(=N)N)c(C)c1Cl. The van der Waals surface area contributed by atoms with Crippen LogP contribution < -0.4 is 5.73 Å². The predicted molar refractivity (Wildman–Crippen MR) is 73.3 cm³/mol. The van der Waals surface area contributed by atoms with Gasteiger partial charge in [-0.3, -0.25) is 10.1 Å². The van der Waals surface area contributed by atoms with Gasteiger partial charge in [-0.1, -0.05) is 35.9 Å². The fraction of sp³-hybridized carbons (Fsp3) is 0.231.